The van der Waals surface area contributed by atoms with Crippen LogP contribution in [0.15, 0.2) is 42.6 Å². The molecule has 6 heteroatoms. The molecule has 2 fully saturated rings. The van der Waals surface area contributed by atoms with Crippen LogP contribution in [0.2, 0.25) is 0 Å². The number of nitrogens with one attached hydrogen (secondary N) is 1. The molecule has 2 aromatic rings. The molecular weight excluding hydrogens is 317 g/mol. The van der Waals surface area contributed by atoms with Crippen LogP contribution in [-0.2, 0) is 17.3 Å². The second-order valence-corrected chi connectivity index (χ2v) is 6.38. The van der Waals surface area contributed by atoms with Crippen molar-refractivity contribution in [2.75, 3.05) is 6.54 Å². The molecule has 3 heterocycles. The summed E-state index contributed by atoms with van der Waals surface area (Å²) in [7, 11) is 0. The second-order valence-electron chi connectivity index (χ2n) is 6.38. The van der Waals surface area contributed by atoms with Crippen molar-refractivity contribution in [1.29, 1.82) is 0 Å². The van der Waals surface area contributed by atoms with Gasteiger partial charge in [0.25, 0.3) is 0 Å². The van der Waals surface area contributed by atoms with Crippen LogP contribution in [0.1, 0.15) is 34.9 Å². The lowest BCUT2D eigenvalue weighted by Gasteiger charge is -2.23. The SMILES string of the molecule is FC(F)(F)c1ccc(Cc2ccc([C@H]3O[C@@H]4CN[C@H]3C4)cc2)nc1. The monoisotopic (exact) mass is 334 g/mol. The second kappa shape index (κ2) is 5.86. The van der Waals surface area contributed by atoms with E-state index in [0.717, 1.165) is 36.4 Å². The lowest BCUT2D eigenvalue weighted by atomic mass is 10.00. The highest BCUT2D eigenvalue weighted by Crippen LogP contribution is 2.36. The summed E-state index contributed by atoms with van der Waals surface area (Å²) in [6.07, 6.45) is -1.48. The molecule has 2 aliphatic rings. The highest BCUT2D eigenvalue weighted by Gasteiger charge is 2.41. The predicted octanol–water partition coefficient (Wildman–Crippen LogP) is 3.49. The summed E-state index contributed by atoms with van der Waals surface area (Å²) in [4.78, 5) is 3.92. The molecule has 1 aromatic heterocycles. The van der Waals surface area contributed by atoms with E-state index in [2.05, 4.69) is 10.3 Å². The first kappa shape index (κ1) is 15.6. The smallest absolute Gasteiger partial charge is 0.367 e. The molecule has 0 saturated carbocycles. The number of halogens is 3. The Morgan fingerprint density at radius 1 is 1.12 bits per heavy atom. The van der Waals surface area contributed by atoms with Gasteiger partial charge in [-0.3, -0.25) is 4.98 Å². The number of fused-ring (bicyclic) bond motifs is 2. The number of pyridine rings is 1. The maximum Gasteiger partial charge on any atom is 0.417 e. The predicted molar refractivity (Wildman–Crippen MR) is 82.5 cm³/mol. The molecule has 4 rings (SSSR count). The minimum absolute atomic E-state index is 0.0991. The minimum atomic E-state index is -4.35. The first-order chi connectivity index (χ1) is 11.5. The highest BCUT2D eigenvalue weighted by molar-refractivity contribution is 5.30. The van der Waals surface area contributed by atoms with Gasteiger partial charge < -0.3 is 10.1 Å². The van der Waals surface area contributed by atoms with Crippen molar-refractivity contribution in [3.8, 4) is 0 Å². The molecule has 1 aromatic carbocycles. The van der Waals surface area contributed by atoms with Gasteiger partial charge in [-0.05, 0) is 29.7 Å². The summed E-state index contributed by atoms with van der Waals surface area (Å²) >= 11 is 0. The normalized spacial score (nSPS) is 26.0. The van der Waals surface area contributed by atoms with Gasteiger partial charge in [0.1, 0.15) is 0 Å². The maximum absolute atomic E-state index is 12.5. The van der Waals surface area contributed by atoms with Crippen molar-refractivity contribution in [2.45, 2.75) is 37.3 Å². The Bertz CT molecular complexity index is 713. The largest absolute Gasteiger partial charge is 0.417 e. The molecule has 2 bridgehead atoms. The molecule has 0 amide bonds. The van der Waals surface area contributed by atoms with Crippen molar-refractivity contribution < 1.29 is 17.9 Å². The lowest BCUT2D eigenvalue weighted by molar-refractivity contribution is -0.137. The minimum Gasteiger partial charge on any atom is -0.367 e. The van der Waals surface area contributed by atoms with Gasteiger partial charge in [-0.1, -0.05) is 24.3 Å². The number of rotatable bonds is 3. The van der Waals surface area contributed by atoms with Gasteiger partial charge in [0.05, 0.1) is 17.8 Å². The lowest BCUT2D eigenvalue weighted by Crippen LogP contribution is -2.33. The van der Waals surface area contributed by atoms with Crippen LogP contribution in [0, 0.1) is 0 Å². The van der Waals surface area contributed by atoms with Gasteiger partial charge >= 0.3 is 6.18 Å². The van der Waals surface area contributed by atoms with E-state index < -0.39 is 11.7 Å². The number of nitrogens with zero attached hydrogens (tertiary/aromatic N) is 1. The van der Waals surface area contributed by atoms with Crippen molar-refractivity contribution in [3.05, 3.63) is 65.0 Å². The van der Waals surface area contributed by atoms with Gasteiger partial charge in [0.15, 0.2) is 0 Å². The number of benzene rings is 1. The average molecular weight is 334 g/mol. The summed E-state index contributed by atoms with van der Waals surface area (Å²) in [6.45, 7) is 0.929. The third-order valence-corrected chi connectivity index (χ3v) is 4.67. The summed E-state index contributed by atoms with van der Waals surface area (Å²) in [5, 5.41) is 3.45. The molecule has 0 spiro atoms. The summed E-state index contributed by atoms with van der Waals surface area (Å²) in [6, 6.07) is 10.9. The third-order valence-electron chi connectivity index (χ3n) is 4.67. The van der Waals surface area contributed by atoms with E-state index >= 15 is 0 Å². The van der Waals surface area contributed by atoms with Gasteiger partial charge in [-0.2, -0.15) is 13.2 Å². The Labute approximate surface area is 137 Å². The molecule has 126 valence electrons. The van der Waals surface area contributed by atoms with Crippen LogP contribution in [0.5, 0.6) is 0 Å². The zero-order valence-electron chi connectivity index (χ0n) is 12.9. The van der Waals surface area contributed by atoms with E-state index in [1.54, 1.807) is 0 Å². The Morgan fingerprint density at radius 3 is 2.46 bits per heavy atom. The molecule has 2 aliphatic heterocycles. The van der Waals surface area contributed by atoms with E-state index in [9.17, 15) is 13.2 Å². The van der Waals surface area contributed by atoms with Crippen molar-refractivity contribution >= 4 is 0 Å². The van der Waals surface area contributed by atoms with Gasteiger partial charge in [-0.25, -0.2) is 0 Å². The third kappa shape index (κ3) is 3.03. The van der Waals surface area contributed by atoms with Crippen molar-refractivity contribution in [2.24, 2.45) is 0 Å². The molecule has 0 radical (unpaired) electrons. The van der Waals surface area contributed by atoms with Gasteiger partial charge in [0.2, 0.25) is 0 Å². The van der Waals surface area contributed by atoms with E-state index in [1.807, 2.05) is 24.3 Å². The fraction of sp³-hybridized carbons (Fsp3) is 0.389. The Kier molecular flexibility index (Phi) is 3.81. The van der Waals surface area contributed by atoms with Crippen LogP contribution >= 0.6 is 0 Å². The standard InChI is InChI=1S/C18H17F3N2O/c19-18(20,21)13-5-6-14(22-9-13)7-11-1-3-12(4-2-11)17-16-8-15(24-17)10-23-16/h1-6,9,15-17,23H,7-8,10H2/t15-,16-,17+/m0/s1. The number of hydrogen-bond acceptors (Lipinski definition) is 3. The molecule has 2 saturated heterocycles. The maximum atomic E-state index is 12.5. The highest BCUT2D eigenvalue weighted by atomic mass is 19.4. The quantitative estimate of drug-likeness (QED) is 0.933. The fourth-order valence-corrected chi connectivity index (χ4v) is 3.41. The topological polar surface area (TPSA) is 34.1 Å². The zero-order chi connectivity index (χ0) is 16.7. The molecule has 0 unspecified atom stereocenters. The first-order valence-corrected chi connectivity index (χ1v) is 7.99. The molecular formula is C18H17F3N2O. The Balaban J connectivity index is 1.44. The van der Waals surface area contributed by atoms with E-state index in [4.69, 9.17) is 4.74 Å². The number of hydrogen-bond donors (Lipinski definition) is 1. The summed E-state index contributed by atoms with van der Waals surface area (Å²) < 4.78 is 43.6. The van der Waals surface area contributed by atoms with E-state index in [1.165, 1.54) is 6.07 Å². The summed E-state index contributed by atoms with van der Waals surface area (Å²) in [5.74, 6) is 0. The van der Waals surface area contributed by atoms with Crippen molar-refractivity contribution in [3.63, 3.8) is 0 Å². The Morgan fingerprint density at radius 2 is 1.92 bits per heavy atom. The summed E-state index contributed by atoms with van der Waals surface area (Å²) in [5.41, 5.74) is 2.05. The number of alkyl halides is 3. The average Bonchev–Trinajstić information content (AvgIpc) is 3.18. The van der Waals surface area contributed by atoms with Crippen LogP contribution in [0.25, 0.3) is 0 Å². The number of ether oxygens (including phenoxy) is 1. The molecule has 3 nitrogen and oxygen atoms in total. The van der Waals surface area contributed by atoms with Crippen molar-refractivity contribution in [1.82, 2.24) is 10.3 Å². The molecule has 1 N–H and O–H groups in total. The van der Waals surface area contributed by atoms with Gasteiger partial charge in [0, 0.05) is 30.9 Å². The van der Waals surface area contributed by atoms with Crippen LogP contribution in [-0.4, -0.2) is 23.7 Å². The van der Waals surface area contributed by atoms with E-state index in [0.29, 0.717) is 24.3 Å². The van der Waals surface area contributed by atoms with Crippen LogP contribution in [0.4, 0.5) is 13.2 Å². The van der Waals surface area contributed by atoms with E-state index in [-0.39, 0.29) is 6.10 Å². The molecule has 24 heavy (non-hydrogen) atoms. The number of morpholine rings is 1. The number of aromatic nitrogens is 1. The van der Waals surface area contributed by atoms with Crippen LogP contribution in [0.3, 0.4) is 0 Å². The molecule has 3 atom stereocenters. The first-order valence-electron chi connectivity index (χ1n) is 7.99. The van der Waals surface area contributed by atoms with Gasteiger partial charge in [-0.15, -0.1) is 0 Å². The fourth-order valence-electron chi connectivity index (χ4n) is 3.41. The molecule has 0 aliphatic carbocycles. The Hall–Kier alpha value is -1.92. The zero-order valence-corrected chi connectivity index (χ0v) is 12.9. The van der Waals surface area contributed by atoms with Crippen LogP contribution < -0.4 is 5.32 Å².